The molecule has 1 aliphatic carbocycles. The molecule has 0 radical (unpaired) electrons. The average molecular weight is 386 g/mol. The molecule has 1 N–H and O–H groups in total. The number of ether oxygens (including phenoxy) is 1. The molecule has 0 aromatic carbocycles. The van der Waals surface area contributed by atoms with Gasteiger partial charge >= 0.3 is 5.97 Å². The Morgan fingerprint density at radius 2 is 1.93 bits per heavy atom. The van der Waals surface area contributed by atoms with Crippen molar-refractivity contribution < 1.29 is 14.3 Å². The number of Topliss-reactive ketones (excluding diaryl/α,β-unsaturated/α-hetero) is 1. The van der Waals surface area contributed by atoms with Gasteiger partial charge in [0.05, 0.1) is 23.8 Å². The molecular weight excluding hydrogens is 354 g/mol. The Morgan fingerprint density at radius 1 is 1.25 bits per heavy atom. The van der Waals surface area contributed by atoms with Crippen LogP contribution in [0.3, 0.4) is 0 Å². The van der Waals surface area contributed by atoms with Gasteiger partial charge < -0.3 is 10.1 Å². The van der Waals surface area contributed by atoms with Gasteiger partial charge in [-0.3, -0.25) is 9.48 Å². The predicted molar refractivity (Wildman–Crippen MR) is 108 cm³/mol. The number of nitrogens with zero attached hydrogens (tertiary/aromatic N) is 2. The number of aryl methyl sites for hydroxylation is 2. The number of ketones is 1. The summed E-state index contributed by atoms with van der Waals surface area (Å²) in [6.45, 7) is 14.9. The molecule has 0 bridgehead atoms. The second-order valence-corrected chi connectivity index (χ2v) is 8.55. The SMILES string of the molecule is CCOC(=O)C1=C(C)NC2=C(C(=O)CC(C)(C)C2)C1c1c(C)nn(CC)c1C. The van der Waals surface area contributed by atoms with Gasteiger partial charge in [-0.2, -0.15) is 5.10 Å². The maximum Gasteiger partial charge on any atom is 0.336 e. The second-order valence-electron chi connectivity index (χ2n) is 8.55. The Morgan fingerprint density at radius 3 is 2.50 bits per heavy atom. The van der Waals surface area contributed by atoms with E-state index in [-0.39, 0.29) is 17.2 Å². The van der Waals surface area contributed by atoms with Gasteiger partial charge in [0.1, 0.15) is 0 Å². The third kappa shape index (κ3) is 3.29. The van der Waals surface area contributed by atoms with Crippen LogP contribution in [0.25, 0.3) is 0 Å². The molecule has 152 valence electrons. The van der Waals surface area contributed by atoms with Crippen LogP contribution in [0.5, 0.6) is 0 Å². The minimum atomic E-state index is -0.431. The quantitative estimate of drug-likeness (QED) is 0.800. The summed E-state index contributed by atoms with van der Waals surface area (Å²) in [7, 11) is 0. The molecule has 0 amide bonds. The number of carbonyl (C=O) groups is 2. The summed E-state index contributed by atoms with van der Waals surface area (Å²) in [4.78, 5) is 26.2. The van der Waals surface area contributed by atoms with Gasteiger partial charge in [-0.15, -0.1) is 0 Å². The number of esters is 1. The van der Waals surface area contributed by atoms with Crippen molar-refractivity contribution in [2.75, 3.05) is 6.61 Å². The fraction of sp³-hybridized carbons (Fsp3) is 0.591. The highest BCUT2D eigenvalue weighted by atomic mass is 16.5. The van der Waals surface area contributed by atoms with E-state index >= 15 is 0 Å². The first-order valence-electron chi connectivity index (χ1n) is 10.1. The molecule has 28 heavy (non-hydrogen) atoms. The summed E-state index contributed by atoms with van der Waals surface area (Å²) < 4.78 is 7.31. The third-order valence-electron chi connectivity index (χ3n) is 5.76. The van der Waals surface area contributed by atoms with Crippen molar-refractivity contribution >= 4 is 11.8 Å². The zero-order valence-electron chi connectivity index (χ0n) is 18.0. The average Bonchev–Trinajstić information content (AvgIpc) is 2.86. The molecule has 3 rings (SSSR count). The summed E-state index contributed by atoms with van der Waals surface area (Å²) in [6.07, 6.45) is 1.25. The van der Waals surface area contributed by atoms with Crippen LogP contribution in [0, 0.1) is 19.3 Å². The summed E-state index contributed by atoms with van der Waals surface area (Å²) in [5.41, 5.74) is 5.61. The number of aromatic nitrogens is 2. The Kier molecular flexibility index (Phi) is 5.26. The number of dihydropyridines is 1. The van der Waals surface area contributed by atoms with Gasteiger partial charge in [-0.05, 0) is 46.5 Å². The van der Waals surface area contributed by atoms with Crippen LogP contribution >= 0.6 is 0 Å². The molecule has 0 saturated carbocycles. The van der Waals surface area contributed by atoms with Gasteiger partial charge in [0, 0.05) is 41.2 Å². The number of rotatable bonds is 4. The number of allylic oxidation sites excluding steroid dienone is 3. The van der Waals surface area contributed by atoms with Crippen LogP contribution in [-0.2, 0) is 20.9 Å². The molecule has 1 aromatic heterocycles. The van der Waals surface area contributed by atoms with Crippen molar-refractivity contribution in [1.82, 2.24) is 15.1 Å². The van der Waals surface area contributed by atoms with Crippen LogP contribution in [0.4, 0.5) is 0 Å². The Bertz CT molecular complexity index is 902. The lowest BCUT2D eigenvalue weighted by Gasteiger charge is -2.39. The van der Waals surface area contributed by atoms with Crippen molar-refractivity contribution in [3.63, 3.8) is 0 Å². The fourth-order valence-electron chi connectivity index (χ4n) is 4.64. The minimum absolute atomic E-state index is 0.0982. The molecule has 1 atom stereocenters. The lowest BCUT2D eigenvalue weighted by Crippen LogP contribution is -2.39. The van der Waals surface area contributed by atoms with Crippen LogP contribution in [0.2, 0.25) is 0 Å². The van der Waals surface area contributed by atoms with Crippen molar-refractivity contribution in [2.24, 2.45) is 5.41 Å². The normalized spacial score (nSPS) is 21.5. The first-order valence-corrected chi connectivity index (χ1v) is 10.1. The molecule has 1 aliphatic heterocycles. The molecule has 0 fully saturated rings. The van der Waals surface area contributed by atoms with Crippen molar-refractivity contribution in [2.45, 2.75) is 73.8 Å². The maximum atomic E-state index is 13.3. The first kappa shape index (κ1) is 20.4. The lowest BCUT2D eigenvalue weighted by molar-refractivity contribution is -0.138. The Balaban J connectivity index is 2.26. The zero-order chi connectivity index (χ0) is 20.8. The van der Waals surface area contributed by atoms with Gasteiger partial charge in [-0.25, -0.2) is 4.79 Å². The highest BCUT2D eigenvalue weighted by Crippen LogP contribution is 2.48. The van der Waals surface area contributed by atoms with Crippen LogP contribution in [0.15, 0.2) is 22.5 Å². The molecular formula is C22H31N3O3. The summed E-state index contributed by atoms with van der Waals surface area (Å²) in [6, 6.07) is 0. The van der Waals surface area contributed by atoms with Crippen LogP contribution in [0.1, 0.15) is 70.3 Å². The van der Waals surface area contributed by atoms with E-state index in [9.17, 15) is 9.59 Å². The predicted octanol–water partition coefficient (Wildman–Crippen LogP) is 3.69. The van der Waals surface area contributed by atoms with E-state index in [0.29, 0.717) is 24.2 Å². The molecule has 0 saturated heterocycles. The number of hydrogen-bond donors (Lipinski definition) is 1. The highest BCUT2D eigenvalue weighted by molar-refractivity contribution is 6.04. The van der Waals surface area contributed by atoms with Gasteiger partial charge in [0.15, 0.2) is 5.78 Å². The summed E-state index contributed by atoms with van der Waals surface area (Å²) in [5.74, 6) is -0.704. The number of hydrogen-bond acceptors (Lipinski definition) is 5. The van der Waals surface area contributed by atoms with Crippen LogP contribution < -0.4 is 5.32 Å². The standard InChI is InChI=1S/C22H31N3O3/c1-8-25-14(5)17(13(4)24-25)20-18(21(27)28-9-2)12(3)23-15-10-22(6,7)11-16(26)19(15)20/h20,23H,8-11H2,1-7H3. The highest BCUT2D eigenvalue weighted by Gasteiger charge is 2.44. The molecule has 6 nitrogen and oxygen atoms in total. The van der Waals surface area contributed by atoms with E-state index in [1.54, 1.807) is 6.92 Å². The van der Waals surface area contributed by atoms with E-state index in [2.05, 4.69) is 24.3 Å². The smallest absolute Gasteiger partial charge is 0.336 e. The molecule has 2 aliphatic rings. The molecule has 6 heteroatoms. The largest absolute Gasteiger partial charge is 0.463 e. The van der Waals surface area contributed by atoms with E-state index < -0.39 is 5.92 Å². The molecule has 0 spiro atoms. The Hall–Kier alpha value is -2.37. The van der Waals surface area contributed by atoms with Crippen molar-refractivity contribution in [3.8, 4) is 0 Å². The van der Waals surface area contributed by atoms with Gasteiger partial charge in [-0.1, -0.05) is 13.8 Å². The van der Waals surface area contributed by atoms with Crippen molar-refractivity contribution in [3.05, 3.63) is 39.5 Å². The number of nitrogens with one attached hydrogen (secondary N) is 1. The van der Waals surface area contributed by atoms with E-state index in [1.807, 2.05) is 32.4 Å². The van der Waals surface area contributed by atoms with Gasteiger partial charge in [0.25, 0.3) is 0 Å². The van der Waals surface area contributed by atoms with E-state index in [0.717, 1.165) is 41.3 Å². The molecule has 1 unspecified atom stereocenters. The van der Waals surface area contributed by atoms with E-state index in [1.165, 1.54) is 0 Å². The minimum Gasteiger partial charge on any atom is -0.463 e. The monoisotopic (exact) mass is 385 g/mol. The molecule has 2 heterocycles. The van der Waals surface area contributed by atoms with Crippen molar-refractivity contribution in [1.29, 1.82) is 0 Å². The Labute approximate surface area is 167 Å². The van der Waals surface area contributed by atoms with Crippen LogP contribution in [-0.4, -0.2) is 28.1 Å². The lowest BCUT2D eigenvalue weighted by atomic mass is 9.68. The fourth-order valence-corrected chi connectivity index (χ4v) is 4.64. The first-order chi connectivity index (χ1) is 13.1. The zero-order valence-corrected chi connectivity index (χ0v) is 18.0. The van der Waals surface area contributed by atoms with E-state index in [4.69, 9.17) is 4.74 Å². The maximum absolute atomic E-state index is 13.3. The second kappa shape index (κ2) is 7.22. The summed E-state index contributed by atoms with van der Waals surface area (Å²) in [5, 5.41) is 8.01. The third-order valence-corrected chi connectivity index (χ3v) is 5.76. The number of carbonyl (C=O) groups excluding carboxylic acids is 2. The topological polar surface area (TPSA) is 73.2 Å². The molecule has 1 aromatic rings. The summed E-state index contributed by atoms with van der Waals surface area (Å²) >= 11 is 0. The van der Waals surface area contributed by atoms with Gasteiger partial charge in [0.2, 0.25) is 0 Å².